The minimum absolute atomic E-state index is 0.215. The Morgan fingerprint density at radius 3 is 2.61 bits per heavy atom. The van der Waals surface area contributed by atoms with Gasteiger partial charge in [-0.05, 0) is 35.4 Å². The molecule has 2 aliphatic heterocycles. The van der Waals surface area contributed by atoms with Crippen molar-refractivity contribution in [1.29, 1.82) is 0 Å². The van der Waals surface area contributed by atoms with Crippen molar-refractivity contribution in [2.75, 3.05) is 0 Å². The van der Waals surface area contributed by atoms with Crippen LogP contribution in [0, 0.1) is 0 Å². The average molecular weight is 415 g/mol. The average Bonchev–Trinajstić information content (AvgIpc) is 3.11. The number of nitrogens with two attached hydrogens (primary N) is 1. The summed E-state index contributed by atoms with van der Waals surface area (Å²) in [5.41, 5.74) is 8.36. The molecule has 5 rings (SSSR count). The van der Waals surface area contributed by atoms with E-state index in [4.69, 9.17) is 10.5 Å². The molecular weight excluding hydrogens is 394 g/mol. The number of piperidine rings is 1. The third-order valence-corrected chi connectivity index (χ3v) is 5.90. The fraction of sp³-hybridized carbons (Fsp3) is 0.208. The number of benzene rings is 3. The lowest BCUT2D eigenvalue weighted by atomic mass is 10.0. The molecule has 7 heteroatoms. The molecule has 0 aliphatic carbocycles. The Morgan fingerprint density at radius 2 is 1.81 bits per heavy atom. The van der Waals surface area contributed by atoms with Crippen molar-refractivity contribution in [3.8, 4) is 5.75 Å². The largest absolute Gasteiger partial charge is 0.471 e. The van der Waals surface area contributed by atoms with Crippen LogP contribution in [-0.4, -0.2) is 28.7 Å². The van der Waals surface area contributed by atoms with Gasteiger partial charge in [-0.25, -0.2) is 0 Å². The highest BCUT2D eigenvalue weighted by Gasteiger charge is 2.40. The van der Waals surface area contributed by atoms with E-state index in [0.29, 0.717) is 23.3 Å². The summed E-state index contributed by atoms with van der Waals surface area (Å²) >= 11 is 0. The quantitative estimate of drug-likeness (QED) is 0.504. The minimum atomic E-state index is -0.712. The molecule has 0 radical (unpaired) electrons. The van der Waals surface area contributed by atoms with Gasteiger partial charge in [-0.3, -0.25) is 25.4 Å². The number of nitrogens with zero attached hydrogens (tertiary/aromatic N) is 1. The van der Waals surface area contributed by atoms with Gasteiger partial charge in [0.25, 0.3) is 5.91 Å². The van der Waals surface area contributed by atoms with Crippen LogP contribution in [-0.2, 0) is 16.1 Å². The van der Waals surface area contributed by atoms with Crippen molar-refractivity contribution in [2.45, 2.75) is 31.7 Å². The van der Waals surface area contributed by atoms with Gasteiger partial charge in [0.15, 0.2) is 6.23 Å². The van der Waals surface area contributed by atoms with Crippen LogP contribution in [0.4, 0.5) is 0 Å². The predicted molar refractivity (Wildman–Crippen MR) is 114 cm³/mol. The zero-order chi connectivity index (χ0) is 21.5. The first-order valence-corrected chi connectivity index (χ1v) is 10.2. The van der Waals surface area contributed by atoms with Crippen LogP contribution in [0.25, 0.3) is 10.8 Å². The number of carbonyl (C=O) groups excluding carboxylic acids is 3. The second-order valence-corrected chi connectivity index (χ2v) is 7.83. The second kappa shape index (κ2) is 7.52. The van der Waals surface area contributed by atoms with Crippen molar-refractivity contribution in [3.63, 3.8) is 0 Å². The van der Waals surface area contributed by atoms with Crippen LogP contribution in [0.1, 0.15) is 40.6 Å². The summed E-state index contributed by atoms with van der Waals surface area (Å²) < 4.78 is 6.06. The van der Waals surface area contributed by atoms with Gasteiger partial charge < -0.3 is 9.64 Å². The summed E-state index contributed by atoms with van der Waals surface area (Å²) in [5, 5.41) is 4.50. The summed E-state index contributed by atoms with van der Waals surface area (Å²) in [7, 11) is 0. The van der Waals surface area contributed by atoms with Crippen LogP contribution in [0.2, 0.25) is 0 Å². The van der Waals surface area contributed by atoms with Gasteiger partial charge in [0.1, 0.15) is 11.8 Å². The highest BCUT2D eigenvalue weighted by atomic mass is 16.5. The number of hydrogen-bond acceptors (Lipinski definition) is 5. The maximum Gasteiger partial charge on any atom is 0.255 e. The number of carbonyl (C=O) groups is 3. The third-order valence-electron chi connectivity index (χ3n) is 5.90. The highest BCUT2D eigenvalue weighted by molar-refractivity contribution is 6.05. The fourth-order valence-electron chi connectivity index (χ4n) is 4.26. The van der Waals surface area contributed by atoms with E-state index in [1.807, 2.05) is 42.5 Å². The smallest absolute Gasteiger partial charge is 0.255 e. The lowest BCUT2D eigenvalue weighted by molar-refractivity contribution is -0.136. The molecule has 3 N–H and O–H groups in total. The van der Waals surface area contributed by atoms with Crippen LogP contribution in [0.5, 0.6) is 5.75 Å². The van der Waals surface area contributed by atoms with E-state index in [-0.39, 0.29) is 24.8 Å². The molecule has 2 heterocycles. The first-order chi connectivity index (χ1) is 15.0. The number of imide groups is 1. The Labute approximate surface area is 178 Å². The van der Waals surface area contributed by atoms with E-state index in [1.165, 1.54) is 4.90 Å². The number of ether oxygens (including phenoxy) is 1. The van der Waals surface area contributed by atoms with Crippen molar-refractivity contribution in [1.82, 2.24) is 10.2 Å². The van der Waals surface area contributed by atoms with Crippen molar-refractivity contribution < 1.29 is 19.1 Å². The molecule has 3 aromatic carbocycles. The number of amides is 3. The summed E-state index contributed by atoms with van der Waals surface area (Å²) in [4.78, 5) is 38.2. The fourth-order valence-corrected chi connectivity index (χ4v) is 4.26. The zero-order valence-electron chi connectivity index (χ0n) is 16.7. The summed E-state index contributed by atoms with van der Waals surface area (Å²) in [6, 6.07) is 18.5. The lowest BCUT2D eigenvalue weighted by Crippen LogP contribution is -2.52. The first-order valence-electron chi connectivity index (χ1n) is 10.2. The Morgan fingerprint density at radius 1 is 1.00 bits per heavy atom. The molecule has 1 saturated heterocycles. The number of nitrogens with one attached hydrogen (secondary N) is 1. The molecule has 0 bridgehead atoms. The number of rotatable bonds is 4. The van der Waals surface area contributed by atoms with Crippen LogP contribution in [0.3, 0.4) is 0 Å². The first kappa shape index (κ1) is 19.3. The standard InChI is InChI=1S/C24H21N3O4/c25-22(16-9-8-14-4-1-2-5-15(14)12-16)31-20-7-3-6-17-18(20)13-27(24(17)30)19-10-11-21(28)26-23(19)29/h1-9,12,19,22H,10-11,13,25H2,(H,26,28,29). The Hall–Kier alpha value is -3.71. The molecule has 7 nitrogen and oxygen atoms in total. The van der Waals surface area contributed by atoms with E-state index >= 15 is 0 Å². The molecule has 2 aliphatic rings. The number of hydrogen-bond donors (Lipinski definition) is 2. The van der Waals surface area contributed by atoms with Gasteiger partial charge in [-0.1, -0.05) is 42.5 Å². The molecule has 0 aromatic heterocycles. The molecule has 0 spiro atoms. The second-order valence-electron chi connectivity index (χ2n) is 7.83. The van der Waals surface area contributed by atoms with Crippen LogP contribution < -0.4 is 15.8 Å². The Balaban J connectivity index is 1.40. The van der Waals surface area contributed by atoms with Gasteiger partial charge in [0.2, 0.25) is 11.8 Å². The van der Waals surface area contributed by atoms with Gasteiger partial charge in [-0.2, -0.15) is 0 Å². The van der Waals surface area contributed by atoms with E-state index < -0.39 is 18.2 Å². The van der Waals surface area contributed by atoms with E-state index in [0.717, 1.165) is 16.3 Å². The molecular formula is C24H21N3O4. The molecule has 0 saturated carbocycles. The van der Waals surface area contributed by atoms with E-state index in [1.54, 1.807) is 18.2 Å². The van der Waals surface area contributed by atoms with Crippen LogP contribution >= 0.6 is 0 Å². The topological polar surface area (TPSA) is 102 Å². The van der Waals surface area contributed by atoms with Crippen molar-refractivity contribution >= 4 is 28.5 Å². The van der Waals surface area contributed by atoms with Gasteiger partial charge in [-0.15, -0.1) is 0 Å². The van der Waals surface area contributed by atoms with Crippen molar-refractivity contribution in [3.05, 3.63) is 77.4 Å². The van der Waals surface area contributed by atoms with Gasteiger partial charge >= 0.3 is 0 Å². The summed E-state index contributed by atoms with van der Waals surface area (Å²) in [5.74, 6) is -0.473. The van der Waals surface area contributed by atoms with Crippen molar-refractivity contribution in [2.24, 2.45) is 5.73 Å². The SMILES string of the molecule is NC(Oc1cccc2c1CN(C1CCC(=O)NC1=O)C2=O)c1ccc2ccccc2c1. The molecule has 156 valence electrons. The molecule has 2 unspecified atom stereocenters. The normalized spacial score (nSPS) is 19.3. The maximum absolute atomic E-state index is 13.0. The summed E-state index contributed by atoms with van der Waals surface area (Å²) in [6.45, 7) is 0.237. The molecule has 3 aromatic rings. The zero-order valence-corrected chi connectivity index (χ0v) is 16.7. The Kier molecular flexibility index (Phi) is 4.67. The van der Waals surface area contributed by atoms with E-state index in [9.17, 15) is 14.4 Å². The maximum atomic E-state index is 13.0. The predicted octanol–water partition coefficient (Wildman–Crippen LogP) is 2.64. The van der Waals surface area contributed by atoms with E-state index in [2.05, 4.69) is 5.32 Å². The molecule has 31 heavy (non-hydrogen) atoms. The van der Waals surface area contributed by atoms with Gasteiger partial charge in [0.05, 0.1) is 6.54 Å². The minimum Gasteiger partial charge on any atom is -0.471 e. The third kappa shape index (κ3) is 3.43. The highest BCUT2D eigenvalue weighted by Crippen LogP contribution is 2.35. The molecule has 3 amide bonds. The van der Waals surface area contributed by atoms with Crippen LogP contribution in [0.15, 0.2) is 60.7 Å². The van der Waals surface area contributed by atoms with Gasteiger partial charge in [0, 0.05) is 23.1 Å². The Bertz CT molecular complexity index is 1220. The number of fused-ring (bicyclic) bond motifs is 2. The molecule has 2 atom stereocenters. The molecule has 1 fully saturated rings. The summed E-state index contributed by atoms with van der Waals surface area (Å²) in [6.07, 6.45) is -0.181. The monoisotopic (exact) mass is 415 g/mol. The lowest BCUT2D eigenvalue weighted by Gasteiger charge is -2.29.